The van der Waals surface area contributed by atoms with Gasteiger partial charge in [-0.2, -0.15) is 5.10 Å². The van der Waals surface area contributed by atoms with Crippen LogP contribution in [0.15, 0.2) is 47.6 Å². The first-order valence-electron chi connectivity index (χ1n) is 7.05. The molecule has 0 aliphatic heterocycles. The molecule has 2 rings (SSSR count). The molecule has 0 spiro atoms. The molecular weight excluding hydrogens is 314 g/mol. The van der Waals surface area contributed by atoms with E-state index in [0.29, 0.717) is 10.8 Å². The number of hydrogen-bond donors (Lipinski definition) is 2. The molecule has 0 saturated carbocycles. The molecule has 2 aromatic carbocycles. The quantitative estimate of drug-likeness (QED) is 0.631. The maximum Gasteiger partial charge on any atom is 0.259 e. The Kier molecular flexibility index (Phi) is 6.00. The lowest BCUT2D eigenvalue weighted by Gasteiger charge is -2.08. The van der Waals surface area contributed by atoms with Crippen LogP contribution in [-0.4, -0.2) is 25.8 Å². The van der Waals surface area contributed by atoms with Gasteiger partial charge in [-0.3, -0.25) is 4.79 Å². The minimum atomic E-state index is -0.245. The number of carbonyl (C=O) groups is 1. The summed E-state index contributed by atoms with van der Waals surface area (Å²) < 4.78 is 5.20. The number of nitrogens with zero attached hydrogens (tertiary/aromatic N) is 1. The Labute approximate surface area is 140 Å². The van der Waals surface area contributed by atoms with Crippen molar-refractivity contribution < 1.29 is 9.53 Å². The summed E-state index contributed by atoms with van der Waals surface area (Å²) >= 11 is 5.89. The van der Waals surface area contributed by atoms with E-state index in [4.69, 9.17) is 16.3 Å². The number of carbonyl (C=O) groups excluding carboxylic acids is 1. The molecule has 5 nitrogen and oxygen atoms in total. The molecule has 23 heavy (non-hydrogen) atoms. The van der Waals surface area contributed by atoms with Gasteiger partial charge in [0.25, 0.3) is 5.91 Å². The van der Waals surface area contributed by atoms with Crippen LogP contribution in [0.4, 0.5) is 5.69 Å². The normalized spacial score (nSPS) is 10.6. The maximum atomic E-state index is 11.8. The van der Waals surface area contributed by atoms with E-state index in [1.165, 1.54) is 0 Å². The lowest BCUT2D eigenvalue weighted by atomic mass is 10.2. The van der Waals surface area contributed by atoms with Gasteiger partial charge >= 0.3 is 0 Å². The molecule has 0 fully saturated rings. The van der Waals surface area contributed by atoms with Gasteiger partial charge in [0.15, 0.2) is 0 Å². The summed E-state index contributed by atoms with van der Waals surface area (Å²) in [5.41, 5.74) is 5.09. The molecule has 0 bridgehead atoms. The van der Waals surface area contributed by atoms with Crippen molar-refractivity contribution in [1.82, 2.24) is 5.43 Å². The van der Waals surface area contributed by atoms with Crippen LogP contribution < -0.4 is 15.5 Å². The van der Waals surface area contributed by atoms with E-state index >= 15 is 0 Å². The number of methoxy groups -OCH3 is 1. The van der Waals surface area contributed by atoms with Crippen LogP contribution in [0.2, 0.25) is 5.02 Å². The highest BCUT2D eigenvalue weighted by molar-refractivity contribution is 6.30. The number of rotatable bonds is 6. The second kappa shape index (κ2) is 8.19. The van der Waals surface area contributed by atoms with Crippen molar-refractivity contribution in [1.29, 1.82) is 0 Å². The summed E-state index contributed by atoms with van der Waals surface area (Å²) in [6, 6.07) is 12.9. The van der Waals surface area contributed by atoms with Gasteiger partial charge in [-0.25, -0.2) is 5.43 Å². The first-order valence-corrected chi connectivity index (χ1v) is 7.43. The Bertz CT molecular complexity index is 717. The standard InChI is InChI=1S/C17H18ClN3O2/c1-12-9-14(18)7-8-15(12)19-11-17(22)21-20-10-13-5-3-4-6-16(13)23-2/h3-10,19H,11H2,1-2H3,(H,21,22). The molecule has 0 heterocycles. The molecule has 0 aromatic heterocycles. The average molecular weight is 332 g/mol. The number of aryl methyl sites for hydroxylation is 1. The van der Waals surface area contributed by atoms with Gasteiger partial charge in [0.05, 0.1) is 19.9 Å². The number of para-hydroxylation sites is 1. The fourth-order valence-corrected chi connectivity index (χ4v) is 2.21. The van der Waals surface area contributed by atoms with Crippen LogP contribution in [-0.2, 0) is 4.79 Å². The van der Waals surface area contributed by atoms with E-state index in [2.05, 4.69) is 15.8 Å². The lowest BCUT2D eigenvalue weighted by molar-refractivity contribution is -0.119. The number of halogens is 1. The molecule has 2 N–H and O–H groups in total. The van der Waals surface area contributed by atoms with Crippen LogP contribution in [0.5, 0.6) is 5.75 Å². The van der Waals surface area contributed by atoms with Gasteiger partial charge in [0, 0.05) is 16.3 Å². The van der Waals surface area contributed by atoms with Crippen LogP contribution >= 0.6 is 11.6 Å². The summed E-state index contributed by atoms with van der Waals surface area (Å²) in [6.07, 6.45) is 1.55. The molecule has 6 heteroatoms. The SMILES string of the molecule is COc1ccccc1C=NNC(=O)CNc1ccc(Cl)cc1C. The van der Waals surface area contributed by atoms with Crippen molar-refractivity contribution >= 4 is 29.4 Å². The van der Waals surface area contributed by atoms with Crippen molar-refractivity contribution in [3.8, 4) is 5.75 Å². The van der Waals surface area contributed by atoms with Crippen LogP contribution in [0.1, 0.15) is 11.1 Å². The third kappa shape index (κ3) is 5.00. The van der Waals surface area contributed by atoms with E-state index in [1.54, 1.807) is 19.4 Å². The molecule has 1 amide bonds. The predicted molar refractivity (Wildman–Crippen MR) is 93.4 cm³/mol. The zero-order chi connectivity index (χ0) is 16.7. The van der Waals surface area contributed by atoms with Gasteiger partial charge in [-0.1, -0.05) is 23.7 Å². The molecule has 0 saturated heterocycles. The number of anilines is 1. The topological polar surface area (TPSA) is 62.7 Å². The van der Waals surface area contributed by atoms with Crippen LogP contribution in [0, 0.1) is 6.92 Å². The van der Waals surface area contributed by atoms with Crippen LogP contribution in [0.3, 0.4) is 0 Å². The first kappa shape index (κ1) is 16.8. The van der Waals surface area contributed by atoms with E-state index in [9.17, 15) is 4.79 Å². The highest BCUT2D eigenvalue weighted by Gasteiger charge is 2.03. The Morgan fingerprint density at radius 3 is 2.83 bits per heavy atom. The van der Waals surface area contributed by atoms with Crippen molar-refractivity contribution in [2.45, 2.75) is 6.92 Å². The second-order valence-electron chi connectivity index (χ2n) is 4.85. The molecule has 0 atom stereocenters. The highest BCUT2D eigenvalue weighted by Crippen LogP contribution is 2.19. The molecule has 0 radical (unpaired) electrons. The Morgan fingerprint density at radius 1 is 1.30 bits per heavy atom. The highest BCUT2D eigenvalue weighted by atomic mass is 35.5. The molecular formula is C17H18ClN3O2. The number of hydrazone groups is 1. The fourth-order valence-electron chi connectivity index (χ4n) is 1.99. The lowest BCUT2D eigenvalue weighted by Crippen LogP contribution is -2.26. The number of ether oxygens (including phenoxy) is 1. The summed E-state index contributed by atoms with van der Waals surface area (Å²) in [7, 11) is 1.59. The van der Waals surface area contributed by atoms with Gasteiger partial charge in [0.1, 0.15) is 5.75 Å². The summed E-state index contributed by atoms with van der Waals surface area (Å²) in [6.45, 7) is 2.04. The zero-order valence-electron chi connectivity index (χ0n) is 13.0. The average Bonchev–Trinajstić information content (AvgIpc) is 2.54. The minimum absolute atomic E-state index is 0.117. The van der Waals surface area contributed by atoms with E-state index in [1.807, 2.05) is 43.3 Å². The Hall–Kier alpha value is -2.53. The van der Waals surface area contributed by atoms with Crippen molar-refractivity contribution in [2.75, 3.05) is 19.0 Å². The second-order valence-corrected chi connectivity index (χ2v) is 5.28. The monoisotopic (exact) mass is 331 g/mol. The maximum absolute atomic E-state index is 11.8. The van der Waals surface area contributed by atoms with Crippen molar-refractivity contribution in [3.05, 3.63) is 58.6 Å². The summed E-state index contributed by atoms with van der Waals surface area (Å²) in [5.74, 6) is 0.450. The largest absolute Gasteiger partial charge is 0.496 e. The third-order valence-electron chi connectivity index (χ3n) is 3.16. The molecule has 2 aromatic rings. The first-order chi connectivity index (χ1) is 11.1. The van der Waals surface area contributed by atoms with Gasteiger partial charge in [-0.05, 0) is 42.8 Å². The van der Waals surface area contributed by atoms with Gasteiger partial charge < -0.3 is 10.1 Å². The van der Waals surface area contributed by atoms with Crippen LogP contribution in [0.25, 0.3) is 0 Å². The third-order valence-corrected chi connectivity index (χ3v) is 3.39. The smallest absolute Gasteiger partial charge is 0.259 e. The van der Waals surface area contributed by atoms with Crippen molar-refractivity contribution in [3.63, 3.8) is 0 Å². The summed E-state index contributed by atoms with van der Waals surface area (Å²) in [4.78, 5) is 11.8. The number of nitrogens with one attached hydrogen (secondary N) is 2. The molecule has 120 valence electrons. The van der Waals surface area contributed by atoms with E-state index < -0.39 is 0 Å². The molecule has 0 aliphatic rings. The van der Waals surface area contributed by atoms with Gasteiger partial charge in [0.2, 0.25) is 0 Å². The minimum Gasteiger partial charge on any atom is -0.496 e. The Morgan fingerprint density at radius 2 is 2.09 bits per heavy atom. The predicted octanol–water partition coefficient (Wildman–Crippen LogP) is 3.22. The Balaban J connectivity index is 1.86. The summed E-state index contributed by atoms with van der Waals surface area (Å²) in [5, 5.41) is 7.64. The number of benzene rings is 2. The molecule has 0 unspecified atom stereocenters. The number of amides is 1. The zero-order valence-corrected chi connectivity index (χ0v) is 13.7. The van der Waals surface area contributed by atoms with E-state index in [-0.39, 0.29) is 12.5 Å². The fraction of sp³-hybridized carbons (Fsp3) is 0.176. The van der Waals surface area contributed by atoms with Gasteiger partial charge in [-0.15, -0.1) is 0 Å². The van der Waals surface area contributed by atoms with E-state index in [0.717, 1.165) is 16.8 Å². The molecule has 0 aliphatic carbocycles. The number of hydrogen-bond acceptors (Lipinski definition) is 4. The van der Waals surface area contributed by atoms with Crippen molar-refractivity contribution in [2.24, 2.45) is 5.10 Å².